The first-order valence-electron chi connectivity index (χ1n) is 5.24. The summed E-state index contributed by atoms with van der Waals surface area (Å²) in [4.78, 5) is 11.1. The Balaban J connectivity index is 3.02. The maximum Gasteiger partial charge on any atom is 0.454 e. The lowest BCUT2D eigenvalue weighted by molar-refractivity contribution is -0.0885. The van der Waals surface area contributed by atoms with Gasteiger partial charge in [0.1, 0.15) is 5.75 Å². The van der Waals surface area contributed by atoms with E-state index in [9.17, 15) is 18.0 Å². The number of rotatable bonds is 5. The Morgan fingerprint density at radius 3 is 2.56 bits per heavy atom. The molecule has 0 unspecified atom stereocenters. The number of carbonyl (C=O) groups is 1. The second kappa shape index (κ2) is 6.09. The smallest absolute Gasteiger partial charge is 0.454 e. The summed E-state index contributed by atoms with van der Waals surface area (Å²) in [7, 11) is 1.35. The van der Waals surface area contributed by atoms with Crippen LogP contribution in [0.2, 0.25) is 0 Å². The van der Waals surface area contributed by atoms with Gasteiger partial charge in [-0.25, -0.2) is 0 Å². The topological polar surface area (TPSA) is 26.3 Å². The standard InChI is InChI=1S/C12H12ClF3O2/c1-18-10-7-9(11(17)12(14,15)16)5-4-8(10)3-2-6-13/h4-5,7H,2-3,6H2,1H3. The fourth-order valence-electron chi connectivity index (χ4n) is 1.51. The Morgan fingerprint density at radius 1 is 1.39 bits per heavy atom. The van der Waals surface area contributed by atoms with E-state index in [0.29, 0.717) is 18.7 Å². The number of alkyl halides is 4. The molecule has 1 aromatic carbocycles. The summed E-state index contributed by atoms with van der Waals surface area (Å²) in [6.07, 6.45) is -3.60. The molecule has 0 radical (unpaired) electrons. The van der Waals surface area contributed by atoms with E-state index >= 15 is 0 Å². The molecule has 0 aliphatic carbocycles. The second-order valence-corrected chi connectivity index (χ2v) is 4.02. The zero-order chi connectivity index (χ0) is 13.8. The van der Waals surface area contributed by atoms with Crippen LogP contribution < -0.4 is 4.74 Å². The number of ether oxygens (including phenoxy) is 1. The first-order chi connectivity index (χ1) is 8.40. The lowest BCUT2D eigenvalue weighted by Gasteiger charge is -2.11. The lowest BCUT2D eigenvalue weighted by Crippen LogP contribution is -2.22. The van der Waals surface area contributed by atoms with Gasteiger partial charge in [0.25, 0.3) is 5.78 Å². The highest BCUT2D eigenvalue weighted by molar-refractivity contribution is 6.17. The third-order valence-corrected chi connectivity index (χ3v) is 2.65. The number of ketones is 1. The van der Waals surface area contributed by atoms with Crippen molar-refractivity contribution < 1.29 is 22.7 Å². The Bertz CT molecular complexity index is 430. The zero-order valence-electron chi connectivity index (χ0n) is 9.68. The van der Waals surface area contributed by atoms with Crippen molar-refractivity contribution in [3.8, 4) is 5.75 Å². The molecule has 100 valence electrons. The molecule has 0 spiro atoms. The number of methoxy groups -OCH3 is 1. The van der Waals surface area contributed by atoms with Gasteiger partial charge in [-0.15, -0.1) is 11.6 Å². The summed E-state index contributed by atoms with van der Waals surface area (Å²) in [5.74, 6) is -1.15. The summed E-state index contributed by atoms with van der Waals surface area (Å²) in [5.41, 5.74) is 0.311. The summed E-state index contributed by atoms with van der Waals surface area (Å²) < 4.78 is 41.8. The molecule has 0 aromatic heterocycles. The van der Waals surface area contributed by atoms with E-state index in [1.807, 2.05) is 0 Å². The quantitative estimate of drug-likeness (QED) is 0.608. The molecule has 0 fully saturated rings. The molecule has 0 saturated carbocycles. The van der Waals surface area contributed by atoms with Gasteiger partial charge in [-0.1, -0.05) is 12.1 Å². The Kier molecular flexibility index (Phi) is 5.02. The number of carbonyl (C=O) groups excluding carboxylic acids is 1. The van der Waals surface area contributed by atoms with Crippen molar-refractivity contribution in [2.75, 3.05) is 13.0 Å². The van der Waals surface area contributed by atoms with Crippen LogP contribution in [0.4, 0.5) is 13.2 Å². The van der Waals surface area contributed by atoms with Crippen molar-refractivity contribution in [3.05, 3.63) is 29.3 Å². The molecule has 0 heterocycles. The predicted molar refractivity (Wildman–Crippen MR) is 62.4 cm³/mol. The molecule has 1 aromatic rings. The molecule has 0 saturated heterocycles. The number of halogens is 4. The van der Waals surface area contributed by atoms with Crippen LogP contribution >= 0.6 is 11.6 Å². The second-order valence-electron chi connectivity index (χ2n) is 3.65. The number of Topliss-reactive ketones (excluding diaryl/α,β-unsaturated/α-hetero) is 1. The Labute approximate surface area is 108 Å². The molecular weight excluding hydrogens is 269 g/mol. The largest absolute Gasteiger partial charge is 0.496 e. The highest BCUT2D eigenvalue weighted by atomic mass is 35.5. The van der Waals surface area contributed by atoms with Gasteiger partial charge in [-0.05, 0) is 24.5 Å². The van der Waals surface area contributed by atoms with E-state index in [-0.39, 0.29) is 5.75 Å². The SMILES string of the molecule is COc1cc(C(=O)C(F)(F)F)ccc1CCCCl. The van der Waals surface area contributed by atoms with Gasteiger partial charge in [-0.2, -0.15) is 13.2 Å². The van der Waals surface area contributed by atoms with Crippen molar-refractivity contribution in [1.29, 1.82) is 0 Å². The van der Waals surface area contributed by atoms with Gasteiger partial charge < -0.3 is 4.74 Å². The average molecular weight is 281 g/mol. The molecule has 0 aliphatic rings. The van der Waals surface area contributed by atoms with Crippen LogP contribution in [0.1, 0.15) is 22.3 Å². The molecule has 0 N–H and O–H groups in total. The van der Waals surface area contributed by atoms with Crippen LogP contribution in [0, 0.1) is 0 Å². The molecule has 0 aliphatic heterocycles. The van der Waals surface area contributed by atoms with Gasteiger partial charge in [0.15, 0.2) is 0 Å². The Morgan fingerprint density at radius 2 is 2.06 bits per heavy atom. The minimum Gasteiger partial charge on any atom is -0.496 e. The van der Waals surface area contributed by atoms with E-state index in [4.69, 9.17) is 16.3 Å². The van der Waals surface area contributed by atoms with E-state index in [2.05, 4.69) is 0 Å². The van der Waals surface area contributed by atoms with Crippen LogP contribution in [0.25, 0.3) is 0 Å². The first-order valence-corrected chi connectivity index (χ1v) is 5.78. The fraction of sp³-hybridized carbons (Fsp3) is 0.417. The predicted octanol–water partition coefficient (Wildman–Crippen LogP) is 3.61. The molecule has 0 bridgehead atoms. The average Bonchev–Trinajstić information content (AvgIpc) is 2.34. The minimum absolute atomic E-state index is 0.273. The number of aryl methyl sites for hydroxylation is 1. The number of benzene rings is 1. The van der Waals surface area contributed by atoms with Gasteiger partial charge in [-0.3, -0.25) is 4.79 Å². The molecule has 0 amide bonds. The monoisotopic (exact) mass is 280 g/mol. The zero-order valence-corrected chi connectivity index (χ0v) is 10.4. The normalized spacial score (nSPS) is 11.4. The molecule has 1 rings (SSSR count). The van der Waals surface area contributed by atoms with E-state index in [1.54, 1.807) is 0 Å². The van der Waals surface area contributed by atoms with Crippen LogP contribution in [0.5, 0.6) is 5.75 Å². The lowest BCUT2D eigenvalue weighted by atomic mass is 10.0. The summed E-state index contributed by atoms with van der Waals surface area (Å²) in [5, 5.41) is 0. The minimum atomic E-state index is -4.87. The molecule has 18 heavy (non-hydrogen) atoms. The van der Waals surface area contributed by atoms with E-state index < -0.39 is 17.5 Å². The maximum absolute atomic E-state index is 12.3. The fourth-order valence-corrected chi connectivity index (χ4v) is 1.65. The Hall–Kier alpha value is -1.23. The van der Waals surface area contributed by atoms with Crippen LogP contribution in [0.15, 0.2) is 18.2 Å². The molecule has 2 nitrogen and oxygen atoms in total. The van der Waals surface area contributed by atoms with Gasteiger partial charge >= 0.3 is 6.18 Å². The molecular formula is C12H12ClF3O2. The highest BCUT2D eigenvalue weighted by Gasteiger charge is 2.39. The third-order valence-electron chi connectivity index (χ3n) is 2.39. The van der Waals surface area contributed by atoms with Crippen molar-refractivity contribution in [1.82, 2.24) is 0 Å². The van der Waals surface area contributed by atoms with Crippen molar-refractivity contribution in [2.45, 2.75) is 19.0 Å². The van der Waals surface area contributed by atoms with E-state index in [1.165, 1.54) is 13.2 Å². The molecule has 0 atom stereocenters. The van der Waals surface area contributed by atoms with Crippen molar-refractivity contribution in [2.24, 2.45) is 0 Å². The summed E-state index contributed by atoms with van der Waals surface area (Å²) >= 11 is 5.54. The molecule has 6 heteroatoms. The van der Waals surface area contributed by atoms with Crippen molar-refractivity contribution in [3.63, 3.8) is 0 Å². The van der Waals surface area contributed by atoms with Crippen LogP contribution in [-0.4, -0.2) is 24.9 Å². The highest BCUT2D eigenvalue weighted by Crippen LogP contribution is 2.27. The first kappa shape index (κ1) is 14.8. The maximum atomic E-state index is 12.3. The number of hydrogen-bond acceptors (Lipinski definition) is 2. The van der Waals surface area contributed by atoms with Gasteiger partial charge in [0.05, 0.1) is 7.11 Å². The third kappa shape index (κ3) is 3.63. The van der Waals surface area contributed by atoms with Crippen molar-refractivity contribution >= 4 is 17.4 Å². The van der Waals surface area contributed by atoms with Gasteiger partial charge in [0, 0.05) is 11.4 Å². The van der Waals surface area contributed by atoms with E-state index in [0.717, 1.165) is 17.7 Å². The summed E-state index contributed by atoms with van der Waals surface area (Å²) in [6, 6.07) is 3.73. The van der Waals surface area contributed by atoms with Crippen LogP contribution in [-0.2, 0) is 6.42 Å². The summed E-state index contributed by atoms with van der Waals surface area (Å²) in [6.45, 7) is 0. The van der Waals surface area contributed by atoms with Crippen LogP contribution in [0.3, 0.4) is 0 Å². The van der Waals surface area contributed by atoms with Gasteiger partial charge in [0.2, 0.25) is 0 Å². The number of hydrogen-bond donors (Lipinski definition) is 0.